The second kappa shape index (κ2) is 23.2. The van der Waals surface area contributed by atoms with Gasteiger partial charge in [-0.2, -0.15) is 0 Å². The Labute approximate surface area is 450 Å². The van der Waals surface area contributed by atoms with Crippen molar-refractivity contribution in [1.82, 2.24) is 0 Å². The highest BCUT2D eigenvalue weighted by Gasteiger charge is 2.32. The molecule has 0 bridgehead atoms. The maximum absolute atomic E-state index is 13.1. The van der Waals surface area contributed by atoms with E-state index in [-0.39, 0.29) is 39.2 Å². The van der Waals surface area contributed by atoms with Crippen LogP contribution in [0.3, 0.4) is 0 Å². The van der Waals surface area contributed by atoms with Crippen LogP contribution in [0.25, 0.3) is 0 Å². The zero-order valence-corrected chi connectivity index (χ0v) is 45.5. The fourth-order valence-corrected chi connectivity index (χ4v) is 17.3. The molecule has 0 amide bonds. The van der Waals surface area contributed by atoms with Crippen molar-refractivity contribution in [2.75, 3.05) is 7.11 Å². The third-order valence-electron chi connectivity index (χ3n) is 12.0. The van der Waals surface area contributed by atoms with E-state index in [1.54, 1.807) is 177 Å². The molecule has 0 unspecified atom stereocenters. The Hall–Kier alpha value is -7.50. The Kier molecular flexibility index (Phi) is 16.3. The molecule has 0 radical (unpaired) electrons. The van der Waals surface area contributed by atoms with Crippen LogP contribution >= 0.6 is 0 Å². The van der Waals surface area contributed by atoms with Gasteiger partial charge in [0, 0.05) is 0 Å². The van der Waals surface area contributed by atoms with Crippen LogP contribution in [0.1, 0.15) is 0 Å². The molecule has 0 aliphatic carbocycles. The molecule has 0 heterocycles. The minimum atomic E-state index is -3.65. The Morgan fingerprint density at radius 2 is 0.395 bits per heavy atom. The number of benzene rings is 10. The van der Waals surface area contributed by atoms with Gasteiger partial charge in [0.05, 0.1) is 68.1 Å². The summed E-state index contributed by atoms with van der Waals surface area (Å²) in [6.45, 7) is 0. The Morgan fingerprint density at radius 1 is 0.224 bits per heavy atom. The van der Waals surface area contributed by atoms with Crippen LogP contribution in [0.4, 0.5) is 0 Å². The first kappa shape index (κ1) is 53.3. The fraction of sp³-hybridized carbons (Fsp3) is 0.0164. The average molecular weight is 1120 g/mol. The Balaban J connectivity index is 0.000000186. The molecule has 76 heavy (non-hydrogen) atoms. The Bertz CT molecular complexity index is 3780. The van der Waals surface area contributed by atoms with Crippen LogP contribution in [-0.4, -0.2) is 40.8 Å². The van der Waals surface area contributed by atoms with E-state index >= 15 is 0 Å². The third kappa shape index (κ3) is 11.6. The fourth-order valence-electron chi connectivity index (χ4n) is 8.05. The van der Waals surface area contributed by atoms with Crippen molar-refractivity contribution in [2.45, 2.75) is 68.5 Å². The topological polar surface area (TPSA) is 146 Å². The molecule has 380 valence electrons. The highest BCUT2D eigenvalue weighted by molar-refractivity contribution is 7.97. The predicted octanol–water partition coefficient (Wildman–Crippen LogP) is 12.9. The largest absolute Gasteiger partial charge is 0.497 e. The summed E-state index contributed by atoms with van der Waals surface area (Å²) < 4.78 is 110. The first-order chi connectivity index (χ1) is 36.7. The summed E-state index contributed by atoms with van der Waals surface area (Å²) >= 11 is 0. The van der Waals surface area contributed by atoms with Crippen molar-refractivity contribution in [3.05, 3.63) is 273 Å². The summed E-state index contributed by atoms with van der Waals surface area (Å²) in [5, 5.41) is 0. The van der Waals surface area contributed by atoms with Crippen molar-refractivity contribution < 1.29 is 38.4 Å². The lowest BCUT2D eigenvalue weighted by Crippen LogP contribution is -2.07. The van der Waals surface area contributed by atoms with Gasteiger partial charge in [-0.25, -0.2) is 33.7 Å². The molecule has 0 atom stereocenters. The van der Waals surface area contributed by atoms with E-state index in [0.29, 0.717) is 0 Å². The lowest BCUT2D eigenvalue weighted by atomic mass is 10.3. The molecule has 10 aromatic rings. The summed E-state index contributed by atoms with van der Waals surface area (Å²) in [5.41, 5.74) is 0. The van der Waals surface area contributed by atoms with E-state index in [1.165, 1.54) is 0 Å². The highest BCUT2D eigenvalue weighted by Crippen LogP contribution is 2.36. The monoisotopic (exact) mass is 1120 g/mol. The van der Waals surface area contributed by atoms with Gasteiger partial charge in [0.1, 0.15) is 5.75 Å². The molecule has 0 N–H and O–H groups in total. The van der Waals surface area contributed by atoms with Gasteiger partial charge < -0.3 is 4.74 Å². The second-order valence-corrected chi connectivity index (χ2v) is 28.6. The number of methoxy groups -OCH3 is 1. The van der Waals surface area contributed by atoms with Crippen molar-refractivity contribution in [2.24, 2.45) is 0 Å². The van der Waals surface area contributed by atoms with Gasteiger partial charge in [-0.1, -0.05) is 91.0 Å². The quantitative estimate of drug-likeness (QED) is 0.0916. The van der Waals surface area contributed by atoms with Gasteiger partial charge in [0.2, 0.25) is 39.3 Å². The zero-order chi connectivity index (χ0) is 53.3. The van der Waals surface area contributed by atoms with Crippen LogP contribution in [0.5, 0.6) is 5.75 Å². The molecular formula is C61H48O9S6+2. The summed E-state index contributed by atoms with van der Waals surface area (Å²) in [6, 6.07) is 78.6. The lowest BCUT2D eigenvalue weighted by molar-refractivity contribution is 0.414. The molecule has 0 aliphatic rings. The van der Waals surface area contributed by atoms with Crippen LogP contribution in [0.15, 0.2) is 342 Å². The van der Waals surface area contributed by atoms with E-state index in [2.05, 4.69) is 0 Å². The van der Waals surface area contributed by atoms with Gasteiger partial charge in [-0.15, -0.1) is 0 Å². The molecule has 0 aliphatic heterocycles. The van der Waals surface area contributed by atoms with Crippen molar-refractivity contribution >= 4 is 61.1 Å². The molecule has 10 aromatic carbocycles. The number of hydrogen-bond acceptors (Lipinski definition) is 9. The van der Waals surface area contributed by atoms with Crippen LogP contribution < -0.4 is 4.74 Å². The molecule has 10 rings (SSSR count). The normalized spacial score (nSPS) is 11.9. The van der Waals surface area contributed by atoms with Crippen molar-refractivity contribution in [3.63, 3.8) is 0 Å². The summed E-state index contributed by atoms with van der Waals surface area (Å²) in [7, 11) is -14.1. The van der Waals surface area contributed by atoms with Crippen LogP contribution in [0.2, 0.25) is 0 Å². The first-order valence-corrected chi connectivity index (χ1v) is 31.8. The number of sulfone groups is 4. The van der Waals surface area contributed by atoms with Gasteiger partial charge >= 0.3 is 0 Å². The van der Waals surface area contributed by atoms with Gasteiger partial charge in [0.15, 0.2) is 29.4 Å². The molecule has 0 saturated carbocycles. The van der Waals surface area contributed by atoms with E-state index in [0.717, 1.165) is 35.1 Å². The molecule has 0 spiro atoms. The second-order valence-electron chi connectivity index (χ2n) is 16.8. The van der Waals surface area contributed by atoms with Gasteiger partial charge in [0.25, 0.3) is 0 Å². The number of rotatable bonds is 15. The summed E-state index contributed by atoms with van der Waals surface area (Å²) in [6.07, 6.45) is 0. The minimum absolute atomic E-state index is 0.208. The first-order valence-electron chi connectivity index (χ1n) is 23.5. The SMILES string of the molecule is COc1ccc([S+](c2ccc(S(=O)(=O)c3ccccc3)cc2)c2ccc(S(=O)(=O)c3ccccc3)cc2)cc1.O=S(=O)(c1ccccc1)c1ccc([S+](c2ccccc2)c2ccc(S(=O)(=O)c3ccccc3)cc2)cc1. The third-order valence-corrected chi connectivity index (χ3v) is 23.6. The van der Waals surface area contributed by atoms with Crippen LogP contribution in [0, 0.1) is 0 Å². The van der Waals surface area contributed by atoms with E-state index < -0.39 is 61.1 Å². The van der Waals surface area contributed by atoms with Gasteiger partial charge in [-0.05, 0) is 182 Å². The minimum Gasteiger partial charge on any atom is -0.497 e. The smallest absolute Gasteiger partial charge is 0.206 e. The summed E-state index contributed by atoms with van der Waals surface area (Å²) in [4.78, 5) is 7.51. The van der Waals surface area contributed by atoms with Crippen molar-refractivity contribution in [3.8, 4) is 5.75 Å². The Morgan fingerprint density at radius 3 is 0.605 bits per heavy atom. The van der Waals surface area contributed by atoms with Gasteiger partial charge in [-0.3, -0.25) is 0 Å². The molecule has 0 aromatic heterocycles. The predicted molar refractivity (Wildman–Crippen MR) is 297 cm³/mol. The zero-order valence-electron chi connectivity index (χ0n) is 40.6. The van der Waals surface area contributed by atoms with Crippen LogP contribution in [-0.2, 0) is 61.1 Å². The molecule has 0 saturated heterocycles. The lowest BCUT2D eigenvalue weighted by Gasteiger charge is -2.11. The molecular weight excluding hydrogens is 1070 g/mol. The van der Waals surface area contributed by atoms with E-state index in [4.69, 9.17) is 4.74 Å². The molecule has 9 nitrogen and oxygen atoms in total. The van der Waals surface area contributed by atoms with Crippen molar-refractivity contribution in [1.29, 1.82) is 0 Å². The highest BCUT2D eigenvalue weighted by atomic mass is 32.2. The number of hydrogen-bond donors (Lipinski definition) is 0. The van der Waals surface area contributed by atoms with E-state index in [1.807, 2.05) is 103 Å². The molecule has 15 heteroatoms. The summed E-state index contributed by atoms with van der Waals surface area (Å²) in [5.74, 6) is 0.718. The maximum Gasteiger partial charge on any atom is 0.206 e. The average Bonchev–Trinajstić information content (AvgIpc) is 3.48. The molecule has 0 fully saturated rings. The standard InChI is InChI=1S/C31H25O5S3.C30H23O4S3/c1-36-24-12-14-25(15-13-24)37(26-16-20-30(21-17-26)38(32,33)28-8-4-2-5-9-28)27-18-22-31(23-19-27)39(34,35)29-10-6-3-7-11-29;31-36(32,27-12-6-2-7-13-27)29-20-16-25(17-21-29)35(24-10-4-1-5-11-24)26-18-22-30(23-19-26)37(33,34)28-14-8-3-9-15-28/h2-23H,1H3;1-23H/q2*+1. The number of ether oxygens (including phenoxy) is 1. The van der Waals surface area contributed by atoms with E-state index in [9.17, 15) is 33.7 Å². The maximum atomic E-state index is 13.1.